The Morgan fingerprint density at radius 3 is 2.61 bits per heavy atom. The Morgan fingerprint density at radius 2 is 2.09 bits per heavy atom. The van der Waals surface area contributed by atoms with Gasteiger partial charge in [0.2, 0.25) is 5.91 Å². The largest absolute Gasteiger partial charge is 1.00 e. The zero-order valence-electron chi connectivity index (χ0n) is 13.9. The summed E-state index contributed by atoms with van der Waals surface area (Å²) in [6.07, 6.45) is 1.28. The molecule has 0 aromatic heterocycles. The molecule has 1 N–H and O–H groups in total. The predicted molar refractivity (Wildman–Crippen MR) is 78.4 cm³/mol. The third-order valence-corrected chi connectivity index (χ3v) is 5.24. The van der Waals surface area contributed by atoms with Gasteiger partial charge in [0, 0.05) is 16.5 Å². The number of thioether (sulfide) groups is 1. The van der Waals surface area contributed by atoms with Crippen LogP contribution in [0.25, 0.3) is 0 Å². The third-order valence-electron chi connectivity index (χ3n) is 3.67. The average Bonchev–Trinajstić information content (AvgIpc) is 2.65. The number of esters is 1. The first kappa shape index (κ1) is 20.3. The first-order valence-electron chi connectivity index (χ1n) is 7.01. The van der Waals surface area contributed by atoms with E-state index in [9.17, 15) is 19.5 Å². The maximum absolute atomic E-state index is 12.2. The van der Waals surface area contributed by atoms with Crippen molar-refractivity contribution in [1.82, 2.24) is 10.2 Å². The third kappa shape index (κ3) is 3.87. The van der Waals surface area contributed by atoms with Crippen LogP contribution in [-0.2, 0) is 19.1 Å². The van der Waals surface area contributed by atoms with E-state index in [1.54, 1.807) is 27.7 Å². The van der Waals surface area contributed by atoms with E-state index in [2.05, 4.69) is 5.32 Å². The molecule has 0 radical (unpaired) electrons. The summed E-state index contributed by atoms with van der Waals surface area (Å²) >= 11 is 1.42. The van der Waals surface area contributed by atoms with E-state index in [4.69, 9.17) is 4.74 Å². The predicted octanol–water partition coefficient (Wildman–Crippen LogP) is -3.77. The molecule has 9 heteroatoms. The van der Waals surface area contributed by atoms with Crippen LogP contribution in [0.15, 0.2) is 11.8 Å². The maximum atomic E-state index is 12.2. The molecule has 7 nitrogen and oxygen atoms in total. The Balaban J connectivity index is 0.00000264. The molecular weight excluding hydrogens is 331 g/mol. The summed E-state index contributed by atoms with van der Waals surface area (Å²) < 4.78 is 4.18. The number of aliphatic carboxylic acids is 1. The van der Waals surface area contributed by atoms with Crippen molar-refractivity contribution in [1.29, 1.82) is 0 Å². The van der Waals surface area contributed by atoms with Crippen LogP contribution in [0, 0.1) is 0 Å². The summed E-state index contributed by atoms with van der Waals surface area (Å²) in [5.41, 5.74) is 0.506. The number of hydrogen-bond acceptors (Lipinski definition) is 7. The number of carbonyl (C=O) groups excluding carboxylic acids is 3. The molecule has 0 aromatic carbocycles. The minimum absolute atomic E-state index is 0. The Labute approximate surface area is 161 Å². The molecular formula is C14H19N2NaO5S. The summed E-state index contributed by atoms with van der Waals surface area (Å²) in [7, 11) is 0. The van der Waals surface area contributed by atoms with Crippen LogP contribution in [0.2, 0.25) is 0 Å². The van der Waals surface area contributed by atoms with Crippen LogP contribution in [0.5, 0.6) is 0 Å². The summed E-state index contributed by atoms with van der Waals surface area (Å²) in [4.78, 5) is 36.2. The van der Waals surface area contributed by atoms with Gasteiger partial charge < -0.3 is 24.9 Å². The van der Waals surface area contributed by atoms with Crippen molar-refractivity contribution in [2.45, 2.75) is 49.9 Å². The summed E-state index contributed by atoms with van der Waals surface area (Å²) in [6, 6.07) is -1.48. The van der Waals surface area contributed by atoms with Crippen molar-refractivity contribution in [3.8, 4) is 0 Å². The van der Waals surface area contributed by atoms with Gasteiger partial charge in [-0.1, -0.05) is 0 Å². The number of allylic oxidation sites excluding steroid dienone is 1. The number of nitrogens with zero attached hydrogens (tertiary/aromatic N) is 1. The second-order valence-corrected chi connectivity index (χ2v) is 7.55. The number of ether oxygens (including phenoxy) is 1. The number of rotatable bonds is 5. The van der Waals surface area contributed by atoms with E-state index >= 15 is 0 Å². The zero-order chi connectivity index (χ0) is 16.7. The zero-order valence-corrected chi connectivity index (χ0v) is 16.7. The molecule has 0 aromatic rings. The molecule has 1 unspecified atom stereocenters. The van der Waals surface area contributed by atoms with Crippen LogP contribution in [0.4, 0.5) is 0 Å². The number of fused-ring (bicyclic) bond motifs is 1. The summed E-state index contributed by atoms with van der Waals surface area (Å²) in [6.45, 7) is 7.20. The van der Waals surface area contributed by atoms with Gasteiger partial charge in [0.25, 0.3) is 0 Å². The van der Waals surface area contributed by atoms with E-state index in [0.29, 0.717) is 5.70 Å². The molecule has 23 heavy (non-hydrogen) atoms. The summed E-state index contributed by atoms with van der Waals surface area (Å²) in [5, 5.41) is 14.0. The Morgan fingerprint density at radius 1 is 1.48 bits per heavy atom. The van der Waals surface area contributed by atoms with Crippen molar-refractivity contribution >= 4 is 29.6 Å². The monoisotopic (exact) mass is 350 g/mol. The Hall–Kier alpha value is -0.700. The quantitative estimate of drug-likeness (QED) is 0.235. The van der Waals surface area contributed by atoms with Crippen molar-refractivity contribution < 1.29 is 53.8 Å². The van der Waals surface area contributed by atoms with Gasteiger partial charge >= 0.3 is 35.5 Å². The first-order chi connectivity index (χ1) is 10.2. The first-order valence-corrected chi connectivity index (χ1v) is 7.89. The summed E-state index contributed by atoms with van der Waals surface area (Å²) in [5.74, 6) is -2.03. The van der Waals surface area contributed by atoms with Crippen molar-refractivity contribution in [3.05, 3.63) is 11.8 Å². The molecule has 2 rings (SSSR count). The van der Waals surface area contributed by atoms with Gasteiger partial charge in [0.1, 0.15) is 11.4 Å². The molecule has 2 saturated heterocycles. The molecule has 2 aliphatic heterocycles. The van der Waals surface area contributed by atoms with Gasteiger partial charge in [-0.2, -0.15) is 0 Å². The number of β-lactam (4-membered cyclic amide) rings is 1. The molecule has 0 bridgehead atoms. The minimum atomic E-state index is -1.24. The topological polar surface area (TPSA) is 98.8 Å². The smallest absolute Gasteiger partial charge is 0.548 e. The molecule has 0 aliphatic carbocycles. The standard InChI is InChI=1S/C14H20N2O5S.Na/c1-5-21-8(17)6-7(2)15-9-11(18)16-10(13(19)20)14(3,4)22-12(9)16;/h6,9-10,12,15H,5H2,1-4H3,(H,19,20);/q;+1/p-1/b7-6+;/t9?,10-,12+;/m0./s1. The van der Waals surface area contributed by atoms with Crippen molar-refractivity contribution in [3.63, 3.8) is 0 Å². The normalized spacial score (nSPS) is 28.3. The van der Waals surface area contributed by atoms with Gasteiger partial charge in [-0.15, -0.1) is 11.8 Å². The molecule has 122 valence electrons. The van der Waals surface area contributed by atoms with Crippen LogP contribution < -0.4 is 40.0 Å². The van der Waals surface area contributed by atoms with Gasteiger partial charge in [-0.3, -0.25) is 4.79 Å². The molecule has 2 heterocycles. The number of amides is 1. The van der Waals surface area contributed by atoms with Gasteiger partial charge in [-0.05, 0) is 27.7 Å². The van der Waals surface area contributed by atoms with Crippen LogP contribution in [-0.4, -0.2) is 51.6 Å². The van der Waals surface area contributed by atoms with Gasteiger partial charge in [0.05, 0.1) is 18.6 Å². The average molecular weight is 350 g/mol. The molecule has 2 aliphatic rings. The van der Waals surface area contributed by atoms with Gasteiger partial charge in [0.15, 0.2) is 0 Å². The number of hydrogen-bond donors (Lipinski definition) is 1. The fraction of sp³-hybridized carbons (Fsp3) is 0.643. The fourth-order valence-electron chi connectivity index (χ4n) is 2.77. The molecule has 1 amide bonds. The van der Waals surface area contributed by atoms with E-state index in [-0.39, 0.29) is 47.4 Å². The van der Waals surface area contributed by atoms with E-state index in [1.807, 2.05) is 0 Å². The fourth-order valence-corrected chi connectivity index (χ4v) is 4.39. The van der Waals surface area contributed by atoms with Crippen LogP contribution in [0.1, 0.15) is 27.7 Å². The van der Waals surface area contributed by atoms with Crippen molar-refractivity contribution in [2.24, 2.45) is 0 Å². The van der Waals surface area contributed by atoms with E-state index in [0.717, 1.165) is 0 Å². The van der Waals surface area contributed by atoms with E-state index < -0.39 is 28.8 Å². The number of carboxylic acids is 1. The molecule has 3 atom stereocenters. The van der Waals surface area contributed by atoms with Gasteiger partial charge in [-0.25, -0.2) is 4.79 Å². The molecule has 2 fully saturated rings. The molecule has 0 spiro atoms. The van der Waals surface area contributed by atoms with E-state index in [1.165, 1.54) is 22.7 Å². The number of carboxylic acid groups (broad SMARTS) is 1. The SMILES string of the molecule is CCOC(=O)/C=C(\C)NC1C(=O)N2[C@@H]1SC(C)(C)[C@@H]2C(=O)[O-].[Na+]. The Kier molecular flexibility index (Phi) is 6.60. The number of nitrogens with one attached hydrogen (secondary N) is 1. The Bertz CT molecular complexity index is 551. The maximum Gasteiger partial charge on any atom is 1.00 e. The molecule has 0 saturated carbocycles. The number of carbonyl (C=O) groups is 3. The van der Waals surface area contributed by atoms with Crippen molar-refractivity contribution in [2.75, 3.05) is 6.61 Å². The minimum Gasteiger partial charge on any atom is -0.548 e. The second kappa shape index (κ2) is 7.46. The van der Waals surface area contributed by atoms with Crippen LogP contribution >= 0.6 is 11.8 Å². The second-order valence-electron chi connectivity index (χ2n) is 5.78. The van der Waals surface area contributed by atoms with Crippen LogP contribution in [0.3, 0.4) is 0 Å².